The molecule has 1 aromatic heterocycles. The van der Waals surface area contributed by atoms with Crippen molar-refractivity contribution in [3.05, 3.63) is 88.9 Å². The maximum atomic E-state index is 12.9. The first-order chi connectivity index (χ1) is 15.9. The van der Waals surface area contributed by atoms with Crippen LogP contribution in [0, 0.1) is 6.92 Å². The average molecular weight is 461 g/mol. The van der Waals surface area contributed by atoms with Crippen LogP contribution in [0.5, 0.6) is 5.75 Å². The molecule has 0 radical (unpaired) electrons. The van der Waals surface area contributed by atoms with Crippen LogP contribution >= 0.6 is 11.6 Å². The number of anilines is 1. The number of hydrogen-bond acceptors (Lipinski definition) is 5. The monoisotopic (exact) mass is 460 g/mol. The molecule has 7 heteroatoms. The van der Waals surface area contributed by atoms with Crippen LogP contribution in [0.1, 0.15) is 15.9 Å². The van der Waals surface area contributed by atoms with Gasteiger partial charge < -0.3 is 14.8 Å². The van der Waals surface area contributed by atoms with E-state index in [-0.39, 0.29) is 0 Å². The first-order valence-corrected chi connectivity index (χ1v) is 10.6. The Morgan fingerprint density at radius 3 is 2.52 bits per heavy atom. The lowest BCUT2D eigenvalue weighted by atomic mass is 10.0. The molecule has 3 aromatic carbocycles. The number of nitrogens with one attached hydrogen (secondary N) is 1. The summed E-state index contributed by atoms with van der Waals surface area (Å²) >= 11 is 6.00. The van der Waals surface area contributed by atoms with Crippen LogP contribution in [-0.4, -0.2) is 30.6 Å². The van der Waals surface area contributed by atoms with Crippen molar-refractivity contribution in [2.45, 2.75) is 6.92 Å². The van der Waals surface area contributed by atoms with Crippen molar-refractivity contribution in [3.8, 4) is 17.0 Å². The minimum atomic E-state index is -0.610. The summed E-state index contributed by atoms with van der Waals surface area (Å²) in [5.74, 6) is -0.344. The van der Waals surface area contributed by atoms with Crippen molar-refractivity contribution in [3.63, 3.8) is 0 Å². The van der Waals surface area contributed by atoms with Crippen molar-refractivity contribution in [2.24, 2.45) is 0 Å². The summed E-state index contributed by atoms with van der Waals surface area (Å²) in [6, 6.07) is 21.5. The van der Waals surface area contributed by atoms with Gasteiger partial charge in [-0.25, -0.2) is 9.78 Å². The second-order valence-electron chi connectivity index (χ2n) is 7.38. The van der Waals surface area contributed by atoms with Gasteiger partial charge in [0.05, 0.1) is 23.9 Å². The highest BCUT2D eigenvalue weighted by atomic mass is 35.5. The lowest BCUT2D eigenvalue weighted by molar-refractivity contribution is -0.119. The number of benzene rings is 3. The van der Waals surface area contributed by atoms with E-state index in [1.807, 2.05) is 49.4 Å². The fourth-order valence-corrected chi connectivity index (χ4v) is 3.55. The van der Waals surface area contributed by atoms with Gasteiger partial charge in [0.25, 0.3) is 5.91 Å². The Morgan fingerprint density at radius 2 is 1.76 bits per heavy atom. The summed E-state index contributed by atoms with van der Waals surface area (Å²) in [7, 11) is 1.60. The molecule has 0 saturated carbocycles. The molecule has 0 atom stereocenters. The summed E-state index contributed by atoms with van der Waals surface area (Å²) in [6.45, 7) is 1.42. The fraction of sp³-hybridized carbons (Fsp3) is 0.115. The first-order valence-electron chi connectivity index (χ1n) is 10.2. The van der Waals surface area contributed by atoms with E-state index in [9.17, 15) is 9.59 Å². The largest absolute Gasteiger partial charge is 0.497 e. The fourth-order valence-electron chi connectivity index (χ4n) is 3.38. The Morgan fingerprint density at radius 1 is 1.00 bits per heavy atom. The summed E-state index contributed by atoms with van der Waals surface area (Å²) < 4.78 is 10.5. The lowest BCUT2D eigenvalue weighted by Gasteiger charge is -2.11. The minimum Gasteiger partial charge on any atom is -0.497 e. The van der Waals surface area contributed by atoms with Gasteiger partial charge in [-0.2, -0.15) is 0 Å². The lowest BCUT2D eigenvalue weighted by Crippen LogP contribution is -2.21. The number of para-hydroxylation sites is 1. The van der Waals surface area contributed by atoms with Gasteiger partial charge in [0.1, 0.15) is 5.75 Å². The molecule has 0 saturated heterocycles. The molecular formula is C26H21ClN2O4. The predicted octanol–water partition coefficient (Wildman–Crippen LogP) is 5.67. The molecule has 166 valence electrons. The third-order valence-corrected chi connectivity index (χ3v) is 5.37. The van der Waals surface area contributed by atoms with Crippen molar-refractivity contribution in [2.75, 3.05) is 19.0 Å². The predicted molar refractivity (Wildman–Crippen MR) is 129 cm³/mol. The summed E-state index contributed by atoms with van der Waals surface area (Å²) in [4.78, 5) is 30.0. The standard InChI is InChI=1S/C26H21ClN2O4/c1-16-7-10-18(27)13-23(16)29-25(30)15-33-26(31)21-14-24(17-8-11-19(32-2)12-9-17)28-22-6-4-3-5-20(21)22/h3-14H,15H2,1-2H3,(H,29,30). The van der Waals surface area contributed by atoms with E-state index < -0.39 is 18.5 Å². The molecule has 0 aliphatic carbocycles. The molecular weight excluding hydrogens is 440 g/mol. The van der Waals surface area contributed by atoms with E-state index in [0.717, 1.165) is 16.9 Å². The zero-order valence-corrected chi connectivity index (χ0v) is 18.8. The van der Waals surface area contributed by atoms with Crippen molar-refractivity contribution >= 4 is 40.1 Å². The molecule has 1 heterocycles. The van der Waals surface area contributed by atoms with Gasteiger partial charge >= 0.3 is 5.97 Å². The van der Waals surface area contributed by atoms with Gasteiger partial charge in [-0.1, -0.05) is 35.9 Å². The number of rotatable bonds is 6. The second kappa shape index (κ2) is 9.71. The third-order valence-electron chi connectivity index (χ3n) is 5.13. The molecule has 1 N–H and O–H groups in total. The summed E-state index contributed by atoms with van der Waals surface area (Å²) in [5.41, 5.74) is 3.84. The van der Waals surface area contributed by atoms with Gasteiger partial charge in [0.15, 0.2) is 6.61 Å². The molecule has 4 rings (SSSR count). The maximum Gasteiger partial charge on any atom is 0.339 e. The van der Waals surface area contributed by atoms with Crippen LogP contribution in [0.3, 0.4) is 0 Å². The smallest absolute Gasteiger partial charge is 0.339 e. The Kier molecular flexibility index (Phi) is 6.56. The number of halogens is 1. The van der Waals surface area contributed by atoms with Gasteiger partial charge in [0, 0.05) is 21.7 Å². The SMILES string of the molecule is COc1ccc(-c2cc(C(=O)OCC(=O)Nc3cc(Cl)ccc3C)c3ccccc3n2)cc1. The number of pyridine rings is 1. The zero-order chi connectivity index (χ0) is 23.4. The van der Waals surface area contributed by atoms with Crippen molar-refractivity contribution in [1.29, 1.82) is 0 Å². The van der Waals surface area contributed by atoms with E-state index in [1.54, 1.807) is 37.4 Å². The summed E-state index contributed by atoms with van der Waals surface area (Å²) in [6.07, 6.45) is 0. The van der Waals surface area contributed by atoms with Crippen LogP contribution < -0.4 is 10.1 Å². The van der Waals surface area contributed by atoms with E-state index >= 15 is 0 Å². The Balaban J connectivity index is 1.56. The first kappa shape index (κ1) is 22.3. The number of aryl methyl sites for hydroxylation is 1. The van der Waals surface area contributed by atoms with Crippen LogP contribution in [0.4, 0.5) is 5.69 Å². The zero-order valence-electron chi connectivity index (χ0n) is 18.1. The Hall–Kier alpha value is -3.90. The van der Waals surface area contributed by atoms with Gasteiger partial charge in [-0.15, -0.1) is 0 Å². The molecule has 0 aliphatic heterocycles. The van der Waals surface area contributed by atoms with E-state index in [2.05, 4.69) is 10.3 Å². The quantitative estimate of drug-likeness (QED) is 0.375. The molecule has 0 unspecified atom stereocenters. The number of carbonyl (C=O) groups excluding carboxylic acids is 2. The number of nitrogens with zero attached hydrogens (tertiary/aromatic N) is 1. The number of amides is 1. The summed E-state index contributed by atoms with van der Waals surface area (Å²) in [5, 5.41) is 3.86. The number of fused-ring (bicyclic) bond motifs is 1. The van der Waals surface area contributed by atoms with Crippen LogP contribution in [0.25, 0.3) is 22.2 Å². The van der Waals surface area contributed by atoms with Crippen LogP contribution in [-0.2, 0) is 9.53 Å². The molecule has 0 spiro atoms. The second-order valence-corrected chi connectivity index (χ2v) is 7.82. The van der Waals surface area contributed by atoms with Crippen molar-refractivity contribution < 1.29 is 19.1 Å². The van der Waals surface area contributed by atoms with Gasteiger partial charge in [-0.05, 0) is 61.0 Å². The highest BCUT2D eigenvalue weighted by Gasteiger charge is 2.17. The Bertz CT molecular complexity index is 1340. The van der Waals surface area contributed by atoms with E-state index in [4.69, 9.17) is 21.1 Å². The normalized spacial score (nSPS) is 10.6. The molecule has 33 heavy (non-hydrogen) atoms. The van der Waals surface area contributed by atoms with Crippen LogP contribution in [0.2, 0.25) is 5.02 Å². The molecule has 0 aliphatic rings. The molecule has 0 bridgehead atoms. The van der Waals surface area contributed by atoms with Crippen molar-refractivity contribution in [1.82, 2.24) is 4.98 Å². The number of hydrogen-bond donors (Lipinski definition) is 1. The molecule has 6 nitrogen and oxygen atoms in total. The van der Waals surface area contributed by atoms with Gasteiger partial charge in [0.2, 0.25) is 0 Å². The topological polar surface area (TPSA) is 77.5 Å². The number of carbonyl (C=O) groups is 2. The highest BCUT2D eigenvalue weighted by molar-refractivity contribution is 6.31. The average Bonchev–Trinajstić information content (AvgIpc) is 2.84. The highest BCUT2D eigenvalue weighted by Crippen LogP contribution is 2.27. The minimum absolute atomic E-state index is 0.332. The number of ether oxygens (including phenoxy) is 2. The maximum absolute atomic E-state index is 12.9. The van der Waals surface area contributed by atoms with E-state index in [0.29, 0.717) is 32.9 Å². The molecule has 0 fully saturated rings. The van der Waals surface area contributed by atoms with E-state index in [1.165, 1.54) is 0 Å². The van der Waals surface area contributed by atoms with Crippen LogP contribution in [0.15, 0.2) is 72.8 Å². The molecule has 4 aromatic rings. The third kappa shape index (κ3) is 5.13. The number of esters is 1. The number of aromatic nitrogens is 1. The molecule has 1 amide bonds. The van der Waals surface area contributed by atoms with Gasteiger partial charge in [-0.3, -0.25) is 4.79 Å². The Labute approximate surface area is 196 Å². The number of methoxy groups -OCH3 is 1.